The van der Waals surface area contributed by atoms with Crippen molar-refractivity contribution in [3.8, 4) is 22.1 Å². The zero-order valence-electron chi connectivity index (χ0n) is 16.7. The van der Waals surface area contributed by atoms with E-state index in [9.17, 15) is 18.0 Å². The molecule has 0 aliphatic heterocycles. The molecule has 0 bridgehead atoms. The van der Waals surface area contributed by atoms with Gasteiger partial charge in [0, 0.05) is 16.7 Å². The highest BCUT2D eigenvalue weighted by molar-refractivity contribution is 7.99. The maximum atomic E-state index is 13.0. The number of carbonyl (C=O) groups excluding carboxylic acids is 1. The summed E-state index contributed by atoms with van der Waals surface area (Å²) in [7, 11) is 3.12. The zero-order valence-corrected chi connectivity index (χ0v) is 18.3. The van der Waals surface area contributed by atoms with Crippen molar-refractivity contribution < 1.29 is 27.4 Å². The second-order valence-electron chi connectivity index (χ2n) is 6.30. The van der Waals surface area contributed by atoms with E-state index in [2.05, 4.69) is 10.3 Å². The van der Waals surface area contributed by atoms with Gasteiger partial charge < -0.3 is 14.8 Å². The number of ether oxygens (including phenoxy) is 2. The minimum absolute atomic E-state index is 0.00934. The highest BCUT2D eigenvalue weighted by Gasteiger charge is 2.33. The van der Waals surface area contributed by atoms with Gasteiger partial charge in [0.15, 0.2) is 11.5 Å². The van der Waals surface area contributed by atoms with Crippen LogP contribution >= 0.6 is 23.1 Å². The van der Waals surface area contributed by atoms with Crippen LogP contribution in [-0.2, 0) is 16.7 Å². The van der Waals surface area contributed by atoms with Gasteiger partial charge in [-0.15, -0.1) is 23.1 Å². The van der Waals surface area contributed by atoms with E-state index in [0.29, 0.717) is 17.3 Å². The molecule has 1 aromatic heterocycles. The Morgan fingerprint density at radius 1 is 1.13 bits per heavy atom. The van der Waals surface area contributed by atoms with E-state index in [1.54, 1.807) is 20.3 Å². The van der Waals surface area contributed by atoms with Crippen LogP contribution in [0.25, 0.3) is 10.6 Å². The predicted octanol–water partition coefficient (Wildman–Crippen LogP) is 5.72. The molecule has 0 atom stereocenters. The lowest BCUT2D eigenvalue weighted by Gasteiger charge is -2.13. The first-order valence-electron chi connectivity index (χ1n) is 9.02. The first-order chi connectivity index (χ1) is 14.8. The normalized spacial score (nSPS) is 11.3. The van der Waals surface area contributed by atoms with Crippen LogP contribution in [0.15, 0.2) is 47.8 Å². The van der Waals surface area contributed by atoms with Crippen LogP contribution in [0.3, 0.4) is 0 Å². The summed E-state index contributed by atoms with van der Waals surface area (Å²) in [4.78, 5) is 16.7. The molecule has 0 saturated carbocycles. The van der Waals surface area contributed by atoms with Crippen LogP contribution in [0.2, 0.25) is 0 Å². The maximum absolute atomic E-state index is 13.0. The number of rotatable bonds is 8. The molecular formula is C21H19F3N2O3S2. The molecule has 2 aromatic carbocycles. The van der Waals surface area contributed by atoms with Crippen molar-refractivity contribution in [2.75, 3.05) is 25.3 Å². The van der Waals surface area contributed by atoms with Gasteiger partial charge in [0.05, 0.1) is 36.9 Å². The summed E-state index contributed by atoms with van der Waals surface area (Å²) in [5.74, 6) is 1.18. The van der Waals surface area contributed by atoms with Gasteiger partial charge in [-0.2, -0.15) is 13.2 Å². The summed E-state index contributed by atoms with van der Waals surface area (Å²) >= 11 is 2.73. The number of methoxy groups -OCH3 is 2. The number of hydrogen-bond donors (Lipinski definition) is 1. The van der Waals surface area contributed by atoms with Crippen LogP contribution in [-0.4, -0.2) is 30.9 Å². The number of carbonyl (C=O) groups is 1. The first kappa shape index (κ1) is 23.0. The Hall–Kier alpha value is -2.72. The van der Waals surface area contributed by atoms with Crippen molar-refractivity contribution in [2.45, 2.75) is 11.9 Å². The molecule has 0 aliphatic rings. The second kappa shape index (κ2) is 10.1. The zero-order chi connectivity index (χ0) is 22.4. The monoisotopic (exact) mass is 468 g/mol. The van der Waals surface area contributed by atoms with Crippen LogP contribution in [0.1, 0.15) is 11.3 Å². The molecule has 3 rings (SSSR count). The summed E-state index contributed by atoms with van der Waals surface area (Å²) in [5.41, 5.74) is 0.543. The number of hydrogen-bond acceptors (Lipinski definition) is 6. The number of para-hydroxylation sites is 1. The number of thioether (sulfide) groups is 1. The van der Waals surface area contributed by atoms with Crippen molar-refractivity contribution in [3.63, 3.8) is 0 Å². The third-order valence-corrected chi connectivity index (χ3v) is 6.08. The molecule has 1 amide bonds. The molecule has 1 N–H and O–H groups in total. The number of nitrogens with zero attached hydrogens (tertiary/aromatic N) is 1. The molecule has 0 radical (unpaired) electrons. The summed E-state index contributed by atoms with van der Waals surface area (Å²) in [6.45, 7) is 0. The lowest BCUT2D eigenvalue weighted by Crippen LogP contribution is -2.18. The fourth-order valence-electron chi connectivity index (χ4n) is 2.75. The van der Waals surface area contributed by atoms with Gasteiger partial charge in [0.1, 0.15) is 5.01 Å². The largest absolute Gasteiger partial charge is 0.493 e. The number of aromatic nitrogens is 1. The molecule has 0 aliphatic carbocycles. The van der Waals surface area contributed by atoms with Crippen molar-refractivity contribution in [2.24, 2.45) is 0 Å². The van der Waals surface area contributed by atoms with Gasteiger partial charge in [-0.3, -0.25) is 4.79 Å². The van der Waals surface area contributed by atoms with Gasteiger partial charge >= 0.3 is 6.18 Å². The minimum atomic E-state index is -4.53. The highest BCUT2D eigenvalue weighted by atomic mass is 32.2. The molecule has 10 heteroatoms. The number of benzene rings is 2. The standard InChI is InChI=1S/C21H19F3N2O3S2/c1-28-17-8-7-13(9-18(17)29-2)20-25-14(11-31-20)10-30-12-19(27)26-16-6-4-3-5-15(16)21(22,23)24/h3-9,11H,10,12H2,1-2H3,(H,26,27). The first-order valence-corrected chi connectivity index (χ1v) is 11.1. The maximum Gasteiger partial charge on any atom is 0.418 e. The second-order valence-corrected chi connectivity index (χ2v) is 8.14. The van der Waals surface area contributed by atoms with Gasteiger partial charge in [-0.05, 0) is 30.3 Å². The molecule has 3 aromatic rings. The van der Waals surface area contributed by atoms with Crippen LogP contribution < -0.4 is 14.8 Å². The smallest absolute Gasteiger partial charge is 0.418 e. The summed E-state index contributed by atoms with van der Waals surface area (Å²) < 4.78 is 49.6. The fourth-order valence-corrected chi connectivity index (χ4v) is 4.39. The van der Waals surface area contributed by atoms with E-state index >= 15 is 0 Å². The molecule has 0 unspecified atom stereocenters. The minimum Gasteiger partial charge on any atom is -0.493 e. The van der Waals surface area contributed by atoms with E-state index in [1.807, 2.05) is 17.5 Å². The van der Waals surface area contributed by atoms with E-state index in [0.717, 1.165) is 22.3 Å². The SMILES string of the molecule is COc1ccc(-c2nc(CSCC(=O)Nc3ccccc3C(F)(F)F)cs2)cc1OC. The van der Waals surface area contributed by atoms with Gasteiger partial charge in [-0.25, -0.2) is 4.98 Å². The average molecular weight is 469 g/mol. The van der Waals surface area contributed by atoms with Gasteiger partial charge in [-0.1, -0.05) is 12.1 Å². The van der Waals surface area contributed by atoms with Crippen LogP contribution in [0.5, 0.6) is 11.5 Å². The Labute approximate surface area is 185 Å². The highest BCUT2D eigenvalue weighted by Crippen LogP contribution is 2.35. The molecule has 31 heavy (non-hydrogen) atoms. The lowest BCUT2D eigenvalue weighted by molar-refractivity contribution is -0.137. The Bertz CT molecular complexity index is 1050. The Morgan fingerprint density at radius 2 is 1.87 bits per heavy atom. The summed E-state index contributed by atoms with van der Waals surface area (Å²) in [6.07, 6.45) is -4.53. The van der Waals surface area contributed by atoms with Gasteiger partial charge in [0.25, 0.3) is 0 Å². The number of amides is 1. The van der Waals surface area contributed by atoms with E-state index in [-0.39, 0.29) is 11.4 Å². The van der Waals surface area contributed by atoms with E-state index < -0.39 is 17.6 Å². The Kier molecular flexibility index (Phi) is 7.45. The number of alkyl halides is 3. The molecule has 1 heterocycles. The van der Waals surface area contributed by atoms with Crippen LogP contribution in [0.4, 0.5) is 18.9 Å². The quantitative estimate of drug-likeness (QED) is 0.458. The fraction of sp³-hybridized carbons (Fsp3) is 0.238. The summed E-state index contributed by atoms with van der Waals surface area (Å²) in [6, 6.07) is 10.4. The van der Waals surface area contributed by atoms with Gasteiger partial charge in [0.2, 0.25) is 5.91 Å². The molecular weight excluding hydrogens is 449 g/mol. The number of nitrogens with one attached hydrogen (secondary N) is 1. The van der Waals surface area contributed by atoms with Crippen molar-refractivity contribution in [1.29, 1.82) is 0 Å². The number of halogens is 3. The third-order valence-electron chi connectivity index (χ3n) is 4.17. The third kappa shape index (κ3) is 5.92. The molecule has 0 saturated heterocycles. The van der Waals surface area contributed by atoms with E-state index in [1.165, 1.54) is 41.3 Å². The molecule has 164 valence electrons. The number of thiazole rings is 1. The Balaban J connectivity index is 1.57. The predicted molar refractivity (Wildman–Crippen MR) is 117 cm³/mol. The topological polar surface area (TPSA) is 60.5 Å². The molecule has 0 fully saturated rings. The van der Waals surface area contributed by atoms with Crippen molar-refractivity contribution in [1.82, 2.24) is 4.98 Å². The average Bonchev–Trinajstić information content (AvgIpc) is 3.21. The lowest BCUT2D eigenvalue weighted by atomic mass is 10.1. The Morgan fingerprint density at radius 3 is 2.58 bits per heavy atom. The molecule has 5 nitrogen and oxygen atoms in total. The van der Waals surface area contributed by atoms with Crippen molar-refractivity contribution in [3.05, 3.63) is 59.1 Å². The number of anilines is 1. The van der Waals surface area contributed by atoms with Crippen molar-refractivity contribution >= 4 is 34.7 Å². The summed E-state index contributed by atoms with van der Waals surface area (Å²) in [5, 5.41) is 5.01. The van der Waals surface area contributed by atoms with E-state index in [4.69, 9.17) is 9.47 Å². The van der Waals surface area contributed by atoms with Crippen LogP contribution in [0, 0.1) is 0 Å². The molecule has 0 spiro atoms.